The second-order valence-electron chi connectivity index (χ2n) is 16.8. The Kier molecular flexibility index (Phi) is 13.1. The first-order valence-corrected chi connectivity index (χ1v) is 21.2. The minimum Gasteiger partial charge on any atom is -0.512 e. The van der Waals surface area contributed by atoms with Gasteiger partial charge >= 0.3 is 0 Å². The molecule has 5 aromatic carbocycles. The molecule has 0 fully saturated rings. The van der Waals surface area contributed by atoms with Gasteiger partial charge in [-0.25, -0.2) is 4.98 Å². The summed E-state index contributed by atoms with van der Waals surface area (Å²) < 4.78 is 2.46. The van der Waals surface area contributed by atoms with Crippen molar-refractivity contribution in [2.24, 2.45) is 11.8 Å². The molecule has 5 nitrogen and oxygen atoms in total. The van der Waals surface area contributed by atoms with Gasteiger partial charge in [-0.3, -0.25) is 9.78 Å². The van der Waals surface area contributed by atoms with Crippen LogP contribution in [0.4, 0.5) is 0 Å². The van der Waals surface area contributed by atoms with Crippen LogP contribution in [0, 0.1) is 17.9 Å². The molecule has 8 aromatic rings. The molecule has 0 atom stereocenters. The van der Waals surface area contributed by atoms with Crippen molar-refractivity contribution >= 4 is 65.7 Å². The summed E-state index contributed by atoms with van der Waals surface area (Å²) in [4.78, 5) is 21.5. The fourth-order valence-electron chi connectivity index (χ4n) is 8.90. The molecule has 0 spiro atoms. The maximum absolute atomic E-state index is 11.7. The van der Waals surface area contributed by atoms with E-state index in [9.17, 15) is 9.90 Å². The van der Waals surface area contributed by atoms with Gasteiger partial charge in [-0.05, 0) is 88.9 Å². The number of aromatic nitrogens is 3. The fourth-order valence-corrected chi connectivity index (χ4v) is 8.90. The summed E-state index contributed by atoms with van der Waals surface area (Å²) in [6.07, 6.45) is 6.64. The van der Waals surface area contributed by atoms with Gasteiger partial charge in [0.15, 0.2) is 5.78 Å². The third-order valence-corrected chi connectivity index (χ3v) is 12.3. The Balaban J connectivity index is 0.000000305. The number of rotatable bonds is 11. The van der Waals surface area contributed by atoms with Crippen molar-refractivity contribution in [3.63, 3.8) is 0 Å². The first-order valence-electron chi connectivity index (χ1n) is 21.2. The third kappa shape index (κ3) is 7.55. The van der Waals surface area contributed by atoms with E-state index in [1.807, 2.05) is 27.7 Å². The monoisotopic (exact) mass is 949 g/mol. The normalized spacial score (nSPS) is 12.4. The Bertz CT molecular complexity index is 2740. The van der Waals surface area contributed by atoms with Crippen molar-refractivity contribution in [2.75, 3.05) is 0 Å². The molecule has 0 aliphatic carbocycles. The summed E-state index contributed by atoms with van der Waals surface area (Å²) in [6, 6.07) is 30.7. The van der Waals surface area contributed by atoms with E-state index in [-0.39, 0.29) is 43.5 Å². The van der Waals surface area contributed by atoms with Gasteiger partial charge in [0.05, 0.1) is 16.8 Å². The SMILES string of the molecule is CC(C)c1cc(C(C)C)c(-c2cc3ncnc4c5[c-]c6ccccc6cc5n5c6ccccc6c2c5c34)c(C(C)C)c1.CCC(CC)C(=O)/C=C(\O)C(CC)CC.[Ir]. The van der Waals surface area contributed by atoms with Crippen LogP contribution in [-0.4, -0.2) is 25.3 Å². The average Bonchev–Trinajstić information content (AvgIpc) is 3.56. The number of carbonyl (C=O) groups excluding carboxylic acids is 1. The first kappa shape index (κ1) is 43.0. The van der Waals surface area contributed by atoms with Gasteiger partial charge in [0.25, 0.3) is 0 Å². The van der Waals surface area contributed by atoms with Crippen LogP contribution in [-0.2, 0) is 24.9 Å². The van der Waals surface area contributed by atoms with E-state index in [4.69, 9.17) is 9.97 Å². The van der Waals surface area contributed by atoms with Crippen molar-refractivity contribution in [1.29, 1.82) is 0 Å². The van der Waals surface area contributed by atoms with E-state index in [1.54, 1.807) is 6.33 Å². The van der Waals surface area contributed by atoms with Crippen LogP contribution < -0.4 is 0 Å². The van der Waals surface area contributed by atoms with Crippen molar-refractivity contribution in [2.45, 2.75) is 113 Å². The Morgan fingerprint density at radius 1 is 0.741 bits per heavy atom. The van der Waals surface area contributed by atoms with E-state index in [1.165, 1.54) is 61.1 Å². The second kappa shape index (κ2) is 17.7. The first-order chi connectivity index (χ1) is 27.4. The van der Waals surface area contributed by atoms with Crippen LogP contribution in [0.1, 0.15) is 129 Å². The zero-order chi connectivity index (χ0) is 40.7. The van der Waals surface area contributed by atoms with Crippen molar-refractivity contribution in [3.05, 3.63) is 114 Å². The van der Waals surface area contributed by atoms with Crippen molar-refractivity contribution in [1.82, 2.24) is 14.4 Å². The summed E-state index contributed by atoms with van der Waals surface area (Å²) in [5, 5.41) is 16.7. The van der Waals surface area contributed by atoms with Crippen molar-refractivity contribution < 1.29 is 30.0 Å². The summed E-state index contributed by atoms with van der Waals surface area (Å²) >= 11 is 0. The molecule has 0 aliphatic rings. The van der Waals surface area contributed by atoms with Crippen LogP contribution in [0.2, 0.25) is 0 Å². The number of hydrogen-bond donors (Lipinski definition) is 1. The van der Waals surface area contributed by atoms with Gasteiger partial charge in [0.2, 0.25) is 0 Å². The van der Waals surface area contributed by atoms with Crippen LogP contribution in [0.3, 0.4) is 0 Å². The van der Waals surface area contributed by atoms with Gasteiger partial charge in [-0.1, -0.05) is 135 Å². The number of pyridine rings is 1. The molecule has 58 heavy (non-hydrogen) atoms. The molecular weight excluding hydrogens is 891 g/mol. The van der Waals surface area contributed by atoms with Crippen LogP contribution in [0.25, 0.3) is 71.0 Å². The number of carbonyl (C=O) groups is 1. The Morgan fingerprint density at radius 2 is 1.36 bits per heavy atom. The number of para-hydroxylation sites is 1. The van der Waals surface area contributed by atoms with E-state index in [0.29, 0.717) is 17.8 Å². The van der Waals surface area contributed by atoms with E-state index >= 15 is 0 Å². The maximum atomic E-state index is 11.7. The molecule has 8 rings (SSSR count). The Labute approximate surface area is 357 Å². The predicted molar refractivity (Wildman–Crippen MR) is 242 cm³/mol. The van der Waals surface area contributed by atoms with Crippen molar-refractivity contribution in [3.8, 4) is 11.1 Å². The van der Waals surface area contributed by atoms with Gasteiger partial charge < -0.3 is 9.51 Å². The number of ketones is 1. The third-order valence-electron chi connectivity index (χ3n) is 12.3. The second-order valence-corrected chi connectivity index (χ2v) is 16.8. The molecule has 3 heterocycles. The Hall–Kier alpha value is -4.64. The number of fused-ring (bicyclic) bond motifs is 7. The molecular formula is C52H58IrN3O2-. The molecule has 0 saturated carbocycles. The van der Waals surface area contributed by atoms with Crippen LogP contribution >= 0.6 is 0 Å². The van der Waals surface area contributed by atoms with Gasteiger partial charge in [-0.15, -0.1) is 17.5 Å². The van der Waals surface area contributed by atoms with E-state index in [2.05, 4.69) is 125 Å². The summed E-state index contributed by atoms with van der Waals surface area (Å²) in [7, 11) is 0. The quantitative estimate of drug-likeness (QED) is 0.0461. The summed E-state index contributed by atoms with van der Waals surface area (Å²) in [5.41, 5.74) is 12.4. The Morgan fingerprint density at radius 3 is 1.98 bits per heavy atom. The number of benzene rings is 5. The fraction of sp³-hybridized carbons (Fsp3) is 0.365. The smallest absolute Gasteiger partial charge is 0.162 e. The zero-order valence-corrected chi connectivity index (χ0v) is 38.2. The number of aliphatic hydroxyl groups is 1. The molecule has 0 bridgehead atoms. The average molecular weight is 949 g/mol. The minimum atomic E-state index is 0. The topological polar surface area (TPSA) is 67.5 Å². The minimum absolute atomic E-state index is 0. The predicted octanol–water partition coefficient (Wildman–Crippen LogP) is 14.6. The number of allylic oxidation sites excluding steroid dienone is 2. The van der Waals surface area contributed by atoms with Gasteiger partial charge in [0, 0.05) is 65.2 Å². The summed E-state index contributed by atoms with van der Waals surface area (Å²) in [6.45, 7) is 22.0. The van der Waals surface area contributed by atoms with Crippen LogP contribution in [0.15, 0.2) is 91.0 Å². The molecule has 1 radical (unpaired) electrons. The zero-order valence-electron chi connectivity index (χ0n) is 35.8. The van der Waals surface area contributed by atoms with Crippen LogP contribution in [0.5, 0.6) is 0 Å². The molecule has 0 unspecified atom stereocenters. The number of hydrogen-bond acceptors (Lipinski definition) is 4. The molecule has 303 valence electrons. The summed E-state index contributed by atoms with van der Waals surface area (Å²) in [5.74, 6) is 1.78. The van der Waals surface area contributed by atoms with Gasteiger partial charge in [0.1, 0.15) is 6.33 Å². The largest absolute Gasteiger partial charge is 0.512 e. The molecule has 0 aliphatic heterocycles. The molecule has 1 N–H and O–H groups in total. The van der Waals surface area contributed by atoms with E-state index in [0.717, 1.165) is 58.4 Å². The van der Waals surface area contributed by atoms with Gasteiger partial charge in [-0.2, -0.15) is 0 Å². The molecule has 0 amide bonds. The molecule has 6 heteroatoms. The molecule has 0 saturated heterocycles. The number of aliphatic hydroxyl groups excluding tert-OH is 1. The molecule has 3 aromatic heterocycles. The maximum Gasteiger partial charge on any atom is 0.162 e. The van der Waals surface area contributed by atoms with E-state index < -0.39 is 0 Å². The number of nitrogens with zero attached hydrogens (tertiary/aromatic N) is 3. The standard InChI is InChI=1S/C39H34N3.C13H24O2.Ir/c1-21(2)26-16-28(22(3)4)35(29(17-26)23(5)6)31-19-32-37-38(41-20-40-32)30-15-24-11-7-8-12-25(24)18-34(30)42-33-14-10-9-13-27(33)36(31)39(37)42;1-5-10(6-2)12(14)9-13(15)11(7-3)8-4;/h7-14,16-23H,1-6H3;9-11,14H,5-8H2,1-4H3;/q-1;;/b;12-9-;.